The van der Waals surface area contributed by atoms with Gasteiger partial charge in [-0.25, -0.2) is 0 Å². The van der Waals surface area contributed by atoms with Gasteiger partial charge in [0.15, 0.2) is 0 Å². The summed E-state index contributed by atoms with van der Waals surface area (Å²) in [6.07, 6.45) is 1.53. The fourth-order valence-electron chi connectivity index (χ4n) is 2.23. The van der Waals surface area contributed by atoms with Crippen LogP contribution in [-0.4, -0.2) is 56.8 Å². The first-order valence-corrected chi connectivity index (χ1v) is 8.48. The molecule has 1 aliphatic rings. The number of hydrogen-bond acceptors (Lipinski definition) is 5. The molecule has 0 spiro atoms. The molecule has 0 bridgehead atoms. The standard InChI is InChI=1S/C16H24BrNO4/c17-13-1-3-16(4-2-13)22-10-9-21-12-15(19)11-18-14-5-7-20-8-6-14/h1-4,14-15,18-19H,5-12H2. The molecule has 0 amide bonds. The first-order valence-electron chi connectivity index (χ1n) is 7.69. The summed E-state index contributed by atoms with van der Waals surface area (Å²) in [5, 5.41) is 13.2. The fourth-order valence-corrected chi connectivity index (χ4v) is 2.50. The lowest BCUT2D eigenvalue weighted by Gasteiger charge is -2.24. The minimum absolute atomic E-state index is 0.319. The highest BCUT2D eigenvalue weighted by Crippen LogP contribution is 2.15. The molecule has 1 aliphatic heterocycles. The van der Waals surface area contributed by atoms with Crippen molar-refractivity contribution in [2.75, 3.05) is 39.6 Å². The molecule has 0 saturated carbocycles. The zero-order chi connectivity index (χ0) is 15.6. The maximum absolute atomic E-state index is 9.86. The molecule has 0 radical (unpaired) electrons. The minimum atomic E-state index is -0.490. The Morgan fingerprint density at radius 1 is 1.23 bits per heavy atom. The maximum Gasteiger partial charge on any atom is 0.119 e. The minimum Gasteiger partial charge on any atom is -0.491 e. The summed E-state index contributed by atoms with van der Waals surface area (Å²) in [4.78, 5) is 0. The highest BCUT2D eigenvalue weighted by atomic mass is 79.9. The van der Waals surface area contributed by atoms with Gasteiger partial charge in [0.1, 0.15) is 12.4 Å². The van der Waals surface area contributed by atoms with Crippen LogP contribution in [0, 0.1) is 0 Å². The number of nitrogens with one attached hydrogen (secondary N) is 1. The van der Waals surface area contributed by atoms with E-state index in [0.29, 0.717) is 32.4 Å². The second kappa shape index (κ2) is 10.2. The summed E-state index contributed by atoms with van der Waals surface area (Å²) in [5.41, 5.74) is 0. The molecular formula is C16H24BrNO4. The van der Waals surface area contributed by atoms with E-state index in [2.05, 4.69) is 21.2 Å². The van der Waals surface area contributed by atoms with Gasteiger partial charge in [0, 0.05) is 30.3 Å². The number of aliphatic hydroxyl groups is 1. The Morgan fingerprint density at radius 3 is 2.68 bits per heavy atom. The summed E-state index contributed by atoms with van der Waals surface area (Å²) >= 11 is 3.38. The third kappa shape index (κ3) is 7.07. The van der Waals surface area contributed by atoms with Crippen LogP contribution < -0.4 is 10.1 Å². The average Bonchev–Trinajstić information content (AvgIpc) is 2.55. The topological polar surface area (TPSA) is 60.0 Å². The average molecular weight is 374 g/mol. The predicted molar refractivity (Wildman–Crippen MR) is 88.3 cm³/mol. The van der Waals surface area contributed by atoms with Crippen molar-refractivity contribution in [3.05, 3.63) is 28.7 Å². The zero-order valence-electron chi connectivity index (χ0n) is 12.7. The van der Waals surface area contributed by atoms with Crippen molar-refractivity contribution in [1.29, 1.82) is 0 Å². The van der Waals surface area contributed by atoms with Crippen molar-refractivity contribution < 1.29 is 19.3 Å². The molecule has 2 rings (SSSR count). The van der Waals surface area contributed by atoms with Gasteiger partial charge < -0.3 is 24.6 Å². The van der Waals surface area contributed by atoms with Crippen molar-refractivity contribution in [2.24, 2.45) is 0 Å². The molecule has 0 aromatic heterocycles. The van der Waals surface area contributed by atoms with Crippen LogP contribution in [0.4, 0.5) is 0 Å². The van der Waals surface area contributed by atoms with Crippen molar-refractivity contribution in [2.45, 2.75) is 25.0 Å². The number of aliphatic hydroxyl groups excluding tert-OH is 1. The first-order chi connectivity index (χ1) is 10.7. The number of rotatable bonds is 9. The molecule has 5 nitrogen and oxygen atoms in total. The largest absolute Gasteiger partial charge is 0.491 e. The Balaban J connectivity index is 1.48. The van der Waals surface area contributed by atoms with E-state index in [1.807, 2.05) is 24.3 Å². The SMILES string of the molecule is OC(CNC1CCOCC1)COCCOc1ccc(Br)cc1. The van der Waals surface area contributed by atoms with Crippen molar-refractivity contribution in [3.8, 4) is 5.75 Å². The third-order valence-electron chi connectivity index (χ3n) is 3.48. The predicted octanol–water partition coefficient (Wildman–Crippen LogP) is 1.97. The van der Waals surface area contributed by atoms with E-state index in [1.165, 1.54) is 0 Å². The molecule has 1 saturated heterocycles. The van der Waals surface area contributed by atoms with Crippen molar-refractivity contribution >= 4 is 15.9 Å². The van der Waals surface area contributed by atoms with Crippen molar-refractivity contribution in [3.63, 3.8) is 0 Å². The van der Waals surface area contributed by atoms with Crippen LogP contribution in [0.25, 0.3) is 0 Å². The third-order valence-corrected chi connectivity index (χ3v) is 4.01. The Kier molecular flexibility index (Phi) is 8.18. The Bertz CT molecular complexity index is 409. The normalized spacial score (nSPS) is 17.4. The second-order valence-corrected chi connectivity index (χ2v) is 6.24. The number of benzene rings is 1. The molecule has 0 aliphatic carbocycles. The van der Waals surface area contributed by atoms with Gasteiger partial charge >= 0.3 is 0 Å². The van der Waals surface area contributed by atoms with Crippen LogP contribution in [0.1, 0.15) is 12.8 Å². The van der Waals surface area contributed by atoms with Gasteiger partial charge in [-0.3, -0.25) is 0 Å². The Morgan fingerprint density at radius 2 is 1.95 bits per heavy atom. The van der Waals surface area contributed by atoms with Gasteiger partial charge in [-0.05, 0) is 37.1 Å². The van der Waals surface area contributed by atoms with Gasteiger partial charge in [0.2, 0.25) is 0 Å². The molecule has 1 atom stereocenters. The van der Waals surface area contributed by atoms with Gasteiger partial charge in [0.05, 0.1) is 19.3 Å². The number of halogens is 1. The van der Waals surface area contributed by atoms with E-state index in [4.69, 9.17) is 14.2 Å². The summed E-state index contributed by atoms with van der Waals surface area (Å²) in [6.45, 7) is 3.42. The van der Waals surface area contributed by atoms with Crippen LogP contribution in [0.2, 0.25) is 0 Å². The van der Waals surface area contributed by atoms with Gasteiger partial charge in [-0.1, -0.05) is 15.9 Å². The van der Waals surface area contributed by atoms with Gasteiger partial charge in [-0.15, -0.1) is 0 Å². The Hall–Kier alpha value is -0.660. The highest BCUT2D eigenvalue weighted by molar-refractivity contribution is 9.10. The lowest BCUT2D eigenvalue weighted by Crippen LogP contribution is -2.40. The molecule has 22 heavy (non-hydrogen) atoms. The summed E-state index contributed by atoms with van der Waals surface area (Å²) in [6, 6.07) is 8.11. The summed E-state index contributed by atoms with van der Waals surface area (Å²) < 4.78 is 17.3. The fraction of sp³-hybridized carbons (Fsp3) is 0.625. The van der Waals surface area contributed by atoms with E-state index in [9.17, 15) is 5.11 Å². The van der Waals surface area contributed by atoms with Gasteiger partial charge in [-0.2, -0.15) is 0 Å². The molecule has 1 aromatic rings. The molecule has 1 fully saturated rings. The smallest absolute Gasteiger partial charge is 0.119 e. The molecule has 1 aromatic carbocycles. The monoisotopic (exact) mass is 373 g/mol. The quantitative estimate of drug-likeness (QED) is 0.648. The first kappa shape index (κ1) is 17.7. The summed E-state index contributed by atoms with van der Waals surface area (Å²) in [7, 11) is 0. The van der Waals surface area contributed by atoms with Crippen LogP contribution in [0.3, 0.4) is 0 Å². The van der Waals surface area contributed by atoms with Crippen LogP contribution in [-0.2, 0) is 9.47 Å². The lowest BCUT2D eigenvalue weighted by molar-refractivity contribution is 0.0199. The highest BCUT2D eigenvalue weighted by Gasteiger charge is 2.14. The second-order valence-electron chi connectivity index (χ2n) is 5.33. The van der Waals surface area contributed by atoms with Crippen LogP contribution >= 0.6 is 15.9 Å². The van der Waals surface area contributed by atoms with Crippen LogP contribution in [0.5, 0.6) is 5.75 Å². The maximum atomic E-state index is 9.86. The Labute approximate surface area is 140 Å². The van der Waals surface area contributed by atoms with E-state index in [-0.39, 0.29) is 0 Å². The zero-order valence-corrected chi connectivity index (χ0v) is 14.3. The molecule has 2 N–H and O–H groups in total. The molecule has 1 unspecified atom stereocenters. The van der Waals surface area contributed by atoms with E-state index < -0.39 is 6.10 Å². The molecule has 6 heteroatoms. The van der Waals surface area contributed by atoms with E-state index in [0.717, 1.165) is 36.3 Å². The molecule has 124 valence electrons. The number of hydrogen-bond donors (Lipinski definition) is 2. The number of ether oxygens (including phenoxy) is 3. The van der Waals surface area contributed by atoms with Crippen molar-refractivity contribution in [1.82, 2.24) is 5.32 Å². The van der Waals surface area contributed by atoms with E-state index in [1.54, 1.807) is 0 Å². The van der Waals surface area contributed by atoms with Crippen LogP contribution in [0.15, 0.2) is 28.7 Å². The summed E-state index contributed by atoms with van der Waals surface area (Å²) in [5.74, 6) is 0.813. The van der Waals surface area contributed by atoms with Gasteiger partial charge in [0.25, 0.3) is 0 Å². The van der Waals surface area contributed by atoms with E-state index >= 15 is 0 Å². The molecular weight excluding hydrogens is 350 g/mol. The molecule has 1 heterocycles. The lowest BCUT2D eigenvalue weighted by atomic mass is 10.1.